The zero-order valence-corrected chi connectivity index (χ0v) is 15.3. The number of hydrogen-bond donors (Lipinski definition) is 2. The van der Waals surface area contributed by atoms with Crippen molar-refractivity contribution in [2.75, 3.05) is 5.32 Å². The summed E-state index contributed by atoms with van der Waals surface area (Å²) < 4.78 is 0. The molecule has 0 aliphatic carbocycles. The highest BCUT2D eigenvalue weighted by Crippen LogP contribution is 2.16. The van der Waals surface area contributed by atoms with Crippen molar-refractivity contribution in [2.24, 2.45) is 0 Å². The van der Waals surface area contributed by atoms with Crippen LogP contribution in [0.1, 0.15) is 42.6 Å². The molecule has 4 nitrogen and oxygen atoms in total. The average molecular weight is 359 g/mol. The Morgan fingerprint density at radius 3 is 2.44 bits per heavy atom. The first-order valence-corrected chi connectivity index (χ1v) is 8.81. The quantitative estimate of drug-likeness (QED) is 0.768. The zero-order valence-electron chi connectivity index (χ0n) is 14.5. The molecule has 0 aliphatic rings. The van der Waals surface area contributed by atoms with Crippen molar-refractivity contribution in [3.05, 3.63) is 64.7 Å². The zero-order chi connectivity index (χ0) is 18.2. The third-order valence-electron chi connectivity index (χ3n) is 3.99. The lowest BCUT2D eigenvalue weighted by Gasteiger charge is -2.14. The molecule has 132 valence electrons. The van der Waals surface area contributed by atoms with Crippen LogP contribution in [0.3, 0.4) is 0 Å². The Labute approximate surface area is 153 Å². The molecular formula is C20H23ClN2O2. The largest absolute Gasteiger partial charge is 0.350 e. The van der Waals surface area contributed by atoms with Gasteiger partial charge in [0.15, 0.2) is 0 Å². The summed E-state index contributed by atoms with van der Waals surface area (Å²) in [5.74, 6) is -0.304. The highest BCUT2D eigenvalue weighted by atomic mass is 35.5. The molecule has 0 saturated carbocycles. The fraction of sp³-hybridized carbons (Fsp3) is 0.300. The molecular weight excluding hydrogens is 336 g/mol. The van der Waals surface area contributed by atoms with E-state index in [9.17, 15) is 9.59 Å². The van der Waals surface area contributed by atoms with Crippen LogP contribution in [-0.4, -0.2) is 17.9 Å². The van der Waals surface area contributed by atoms with Gasteiger partial charge in [0, 0.05) is 17.5 Å². The minimum absolute atomic E-state index is 0.0844. The Bertz CT molecular complexity index is 729. The van der Waals surface area contributed by atoms with Gasteiger partial charge in [-0.25, -0.2) is 0 Å². The number of carbonyl (C=O) groups is 2. The molecule has 0 heterocycles. The van der Waals surface area contributed by atoms with E-state index in [0.29, 0.717) is 29.1 Å². The van der Waals surface area contributed by atoms with E-state index in [0.717, 1.165) is 12.0 Å². The van der Waals surface area contributed by atoms with Gasteiger partial charge < -0.3 is 10.6 Å². The van der Waals surface area contributed by atoms with Crippen molar-refractivity contribution in [2.45, 2.75) is 39.2 Å². The summed E-state index contributed by atoms with van der Waals surface area (Å²) in [6.07, 6.45) is 1.80. The Balaban J connectivity index is 1.98. The van der Waals surface area contributed by atoms with E-state index in [1.54, 1.807) is 24.3 Å². The first-order chi connectivity index (χ1) is 12.0. The lowest BCUT2D eigenvalue weighted by atomic mass is 10.1. The summed E-state index contributed by atoms with van der Waals surface area (Å²) in [5, 5.41) is 6.43. The van der Waals surface area contributed by atoms with Gasteiger partial charge in [0.05, 0.1) is 11.3 Å². The minimum Gasteiger partial charge on any atom is -0.350 e. The highest BCUT2D eigenvalue weighted by molar-refractivity contribution is 6.30. The molecule has 25 heavy (non-hydrogen) atoms. The molecule has 0 unspecified atom stereocenters. The van der Waals surface area contributed by atoms with Gasteiger partial charge in [-0.15, -0.1) is 0 Å². The van der Waals surface area contributed by atoms with Crippen molar-refractivity contribution in [3.63, 3.8) is 0 Å². The van der Waals surface area contributed by atoms with Crippen LogP contribution in [0.2, 0.25) is 5.02 Å². The SMILES string of the molecule is CC[C@@H](C)NC(=O)c1ccccc1NC(=O)CCc1ccc(Cl)cc1. The summed E-state index contributed by atoms with van der Waals surface area (Å²) in [6, 6.07) is 14.6. The fourth-order valence-electron chi connectivity index (χ4n) is 2.32. The molecule has 5 heteroatoms. The smallest absolute Gasteiger partial charge is 0.253 e. The van der Waals surface area contributed by atoms with Crippen LogP contribution >= 0.6 is 11.6 Å². The first kappa shape index (κ1) is 19.0. The van der Waals surface area contributed by atoms with Gasteiger partial charge in [0.2, 0.25) is 5.91 Å². The predicted octanol–water partition coefficient (Wildman–Crippen LogP) is 4.44. The number of aryl methyl sites for hydroxylation is 1. The summed E-state index contributed by atoms with van der Waals surface area (Å²) >= 11 is 5.86. The highest BCUT2D eigenvalue weighted by Gasteiger charge is 2.14. The minimum atomic E-state index is -0.178. The molecule has 0 bridgehead atoms. The van der Waals surface area contributed by atoms with Gasteiger partial charge in [-0.2, -0.15) is 0 Å². The Morgan fingerprint density at radius 1 is 1.08 bits per heavy atom. The van der Waals surface area contributed by atoms with Crippen LogP contribution < -0.4 is 10.6 Å². The summed E-state index contributed by atoms with van der Waals surface area (Å²) in [4.78, 5) is 24.6. The van der Waals surface area contributed by atoms with Crippen LogP contribution in [-0.2, 0) is 11.2 Å². The predicted molar refractivity (Wildman–Crippen MR) is 102 cm³/mol. The van der Waals surface area contributed by atoms with Crippen molar-refractivity contribution in [1.82, 2.24) is 5.32 Å². The van der Waals surface area contributed by atoms with Crippen LogP contribution in [0.4, 0.5) is 5.69 Å². The van der Waals surface area contributed by atoms with E-state index in [1.807, 2.05) is 38.1 Å². The molecule has 2 aromatic carbocycles. The maximum Gasteiger partial charge on any atom is 0.253 e. The molecule has 0 spiro atoms. The second-order valence-electron chi connectivity index (χ2n) is 6.00. The number of hydrogen-bond acceptors (Lipinski definition) is 2. The van der Waals surface area contributed by atoms with Gasteiger partial charge in [0.25, 0.3) is 5.91 Å². The molecule has 2 aromatic rings. The number of halogens is 1. The molecule has 0 aliphatic heterocycles. The number of benzene rings is 2. The summed E-state index contributed by atoms with van der Waals surface area (Å²) in [6.45, 7) is 3.96. The van der Waals surface area contributed by atoms with Gasteiger partial charge in [0.1, 0.15) is 0 Å². The van der Waals surface area contributed by atoms with E-state index in [-0.39, 0.29) is 17.9 Å². The third-order valence-corrected chi connectivity index (χ3v) is 4.24. The number of rotatable bonds is 7. The molecule has 2 N–H and O–H groups in total. The van der Waals surface area contributed by atoms with Crippen LogP contribution in [0.25, 0.3) is 0 Å². The van der Waals surface area contributed by atoms with Gasteiger partial charge >= 0.3 is 0 Å². The fourth-order valence-corrected chi connectivity index (χ4v) is 2.44. The van der Waals surface area contributed by atoms with Crippen LogP contribution in [0.15, 0.2) is 48.5 Å². The van der Waals surface area contributed by atoms with E-state index in [4.69, 9.17) is 11.6 Å². The van der Waals surface area contributed by atoms with Crippen molar-refractivity contribution >= 4 is 29.1 Å². The first-order valence-electron chi connectivity index (χ1n) is 8.43. The third kappa shape index (κ3) is 5.91. The van der Waals surface area contributed by atoms with Gasteiger partial charge in [-0.3, -0.25) is 9.59 Å². The van der Waals surface area contributed by atoms with Gasteiger partial charge in [-0.05, 0) is 49.6 Å². The lowest BCUT2D eigenvalue weighted by Crippen LogP contribution is -2.32. The summed E-state index contributed by atoms with van der Waals surface area (Å²) in [5.41, 5.74) is 2.05. The second kappa shape index (κ2) is 9.23. The number of para-hydroxylation sites is 1. The molecule has 0 saturated heterocycles. The molecule has 2 rings (SSSR count). The molecule has 0 radical (unpaired) electrons. The Kier molecular flexibility index (Phi) is 7.02. The molecule has 2 amide bonds. The Morgan fingerprint density at radius 2 is 1.76 bits per heavy atom. The maximum atomic E-state index is 12.4. The number of carbonyl (C=O) groups excluding carboxylic acids is 2. The van der Waals surface area contributed by atoms with Crippen LogP contribution in [0, 0.1) is 0 Å². The number of anilines is 1. The van der Waals surface area contributed by atoms with E-state index < -0.39 is 0 Å². The Hall–Kier alpha value is -2.33. The molecule has 1 atom stereocenters. The van der Waals surface area contributed by atoms with E-state index in [2.05, 4.69) is 10.6 Å². The molecule has 0 fully saturated rings. The van der Waals surface area contributed by atoms with Crippen molar-refractivity contribution in [3.8, 4) is 0 Å². The topological polar surface area (TPSA) is 58.2 Å². The average Bonchev–Trinajstić information content (AvgIpc) is 2.61. The molecule has 0 aromatic heterocycles. The van der Waals surface area contributed by atoms with Crippen molar-refractivity contribution in [1.29, 1.82) is 0 Å². The maximum absolute atomic E-state index is 12.4. The van der Waals surface area contributed by atoms with E-state index in [1.165, 1.54) is 0 Å². The normalized spacial score (nSPS) is 11.6. The lowest BCUT2D eigenvalue weighted by molar-refractivity contribution is -0.116. The number of nitrogens with one attached hydrogen (secondary N) is 2. The van der Waals surface area contributed by atoms with E-state index >= 15 is 0 Å². The summed E-state index contributed by atoms with van der Waals surface area (Å²) in [7, 11) is 0. The van der Waals surface area contributed by atoms with Crippen molar-refractivity contribution < 1.29 is 9.59 Å². The van der Waals surface area contributed by atoms with Crippen LogP contribution in [0.5, 0.6) is 0 Å². The van der Waals surface area contributed by atoms with Gasteiger partial charge in [-0.1, -0.05) is 42.8 Å². The number of amides is 2. The monoisotopic (exact) mass is 358 g/mol. The second-order valence-corrected chi connectivity index (χ2v) is 6.44. The standard InChI is InChI=1S/C20H23ClN2O2/c1-3-14(2)22-20(25)17-6-4-5-7-18(17)23-19(24)13-10-15-8-11-16(21)12-9-15/h4-9,11-12,14H,3,10,13H2,1-2H3,(H,22,25)(H,23,24)/t14-/m1/s1.